The first-order valence-electron chi connectivity index (χ1n) is 5.26. The highest BCUT2D eigenvalue weighted by atomic mass is 32.1. The highest BCUT2D eigenvalue weighted by Crippen LogP contribution is 2.16. The summed E-state index contributed by atoms with van der Waals surface area (Å²) in [4.78, 5) is 4.10. The topological polar surface area (TPSA) is 50.7 Å². The molecule has 5 heteroatoms. The molecule has 1 N–H and O–H groups in total. The second-order valence-electron chi connectivity index (χ2n) is 3.69. The summed E-state index contributed by atoms with van der Waals surface area (Å²) in [6.45, 7) is 0.780. The lowest BCUT2D eigenvalue weighted by atomic mass is 10.1. The van der Waals surface area contributed by atoms with Gasteiger partial charge in [-0.05, 0) is 23.1 Å². The Balaban J connectivity index is 1.81. The zero-order valence-electron chi connectivity index (χ0n) is 9.00. The number of hydrogen-bond acceptors (Lipinski definition) is 5. The molecule has 0 bridgehead atoms. The van der Waals surface area contributed by atoms with Crippen molar-refractivity contribution in [3.8, 4) is 0 Å². The predicted molar refractivity (Wildman–Crippen MR) is 69.0 cm³/mol. The quantitative estimate of drug-likeness (QED) is 0.767. The Kier molecular flexibility index (Phi) is 2.67. The van der Waals surface area contributed by atoms with Crippen LogP contribution in [0, 0.1) is 0 Å². The molecule has 3 aromatic rings. The van der Waals surface area contributed by atoms with E-state index in [0.717, 1.165) is 16.9 Å². The van der Waals surface area contributed by atoms with Crippen LogP contribution in [0.25, 0.3) is 10.8 Å². The maximum atomic E-state index is 4.10. The standard InChI is InChI=1S/C12H10N4S/c1-2-11-7-13-4-3-10(11)5-9(1)6-14-12-8-15-16-17-12/h1-5,7-8,14H,6H2. The number of rotatable bonds is 3. The fourth-order valence-electron chi connectivity index (χ4n) is 1.68. The van der Waals surface area contributed by atoms with Gasteiger partial charge in [0.15, 0.2) is 0 Å². The lowest BCUT2D eigenvalue weighted by Crippen LogP contribution is -1.97. The van der Waals surface area contributed by atoms with Gasteiger partial charge in [0.2, 0.25) is 0 Å². The van der Waals surface area contributed by atoms with Crippen molar-refractivity contribution >= 4 is 27.3 Å². The molecule has 0 amide bonds. The molecule has 3 rings (SSSR count). The van der Waals surface area contributed by atoms with Gasteiger partial charge >= 0.3 is 0 Å². The third kappa shape index (κ3) is 2.24. The van der Waals surface area contributed by atoms with E-state index in [9.17, 15) is 0 Å². The van der Waals surface area contributed by atoms with E-state index >= 15 is 0 Å². The van der Waals surface area contributed by atoms with Gasteiger partial charge in [-0.1, -0.05) is 16.6 Å². The Bertz CT molecular complexity index is 621. The van der Waals surface area contributed by atoms with Crippen LogP contribution >= 0.6 is 11.5 Å². The largest absolute Gasteiger partial charge is 0.370 e. The van der Waals surface area contributed by atoms with E-state index in [4.69, 9.17) is 0 Å². The van der Waals surface area contributed by atoms with Gasteiger partial charge in [0.05, 0.1) is 6.20 Å². The lowest BCUT2D eigenvalue weighted by molar-refractivity contribution is 1.14. The molecule has 84 valence electrons. The lowest BCUT2D eigenvalue weighted by Gasteiger charge is -2.04. The van der Waals surface area contributed by atoms with Crippen LogP contribution in [0.15, 0.2) is 42.9 Å². The monoisotopic (exact) mass is 242 g/mol. The fourth-order valence-corrected chi connectivity index (χ4v) is 2.09. The van der Waals surface area contributed by atoms with Crippen molar-refractivity contribution in [3.05, 3.63) is 48.4 Å². The second kappa shape index (κ2) is 4.47. The Labute approximate surface area is 102 Å². The molecule has 0 saturated carbocycles. The number of pyridine rings is 1. The number of nitrogens with zero attached hydrogens (tertiary/aromatic N) is 3. The van der Waals surface area contributed by atoms with Crippen molar-refractivity contribution in [1.82, 2.24) is 14.6 Å². The van der Waals surface area contributed by atoms with Crippen LogP contribution in [-0.4, -0.2) is 14.6 Å². The number of nitrogens with one attached hydrogen (secondary N) is 1. The van der Waals surface area contributed by atoms with Crippen molar-refractivity contribution in [2.24, 2.45) is 0 Å². The minimum atomic E-state index is 0.780. The number of anilines is 1. The molecule has 0 unspecified atom stereocenters. The summed E-state index contributed by atoms with van der Waals surface area (Å²) in [7, 11) is 0. The number of benzene rings is 1. The third-order valence-corrected chi connectivity index (χ3v) is 3.16. The Hall–Kier alpha value is -2.01. The zero-order chi connectivity index (χ0) is 11.5. The number of aromatic nitrogens is 3. The second-order valence-corrected chi connectivity index (χ2v) is 4.48. The molecule has 0 aliphatic rings. The molecule has 17 heavy (non-hydrogen) atoms. The zero-order valence-corrected chi connectivity index (χ0v) is 9.81. The number of hydrogen-bond donors (Lipinski definition) is 1. The van der Waals surface area contributed by atoms with Crippen molar-refractivity contribution < 1.29 is 0 Å². The maximum Gasteiger partial charge on any atom is 0.130 e. The normalized spacial score (nSPS) is 10.6. The molecule has 2 heterocycles. The molecular formula is C12H10N4S. The molecule has 2 aromatic heterocycles. The first-order valence-corrected chi connectivity index (χ1v) is 6.03. The van der Waals surface area contributed by atoms with Crippen LogP contribution in [0.4, 0.5) is 5.00 Å². The van der Waals surface area contributed by atoms with Gasteiger partial charge in [-0.3, -0.25) is 4.98 Å². The van der Waals surface area contributed by atoms with Crippen molar-refractivity contribution in [2.45, 2.75) is 6.54 Å². The average molecular weight is 242 g/mol. The van der Waals surface area contributed by atoms with E-state index in [1.165, 1.54) is 22.5 Å². The summed E-state index contributed by atoms with van der Waals surface area (Å²) in [6.07, 6.45) is 5.42. The molecule has 4 nitrogen and oxygen atoms in total. The molecule has 0 radical (unpaired) electrons. The van der Waals surface area contributed by atoms with Crippen molar-refractivity contribution in [2.75, 3.05) is 5.32 Å². The van der Waals surface area contributed by atoms with Crippen LogP contribution in [0.1, 0.15) is 5.56 Å². The summed E-state index contributed by atoms with van der Waals surface area (Å²) < 4.78 is 3.81. The Morgan fingerprint density at radius 3 is 3.00 bits per heavy atom. The molecule has 0 aliphatic heterocycles. The van der Waals surface area contributed by atoms with Crippen LogP contribution in [0.5, 0.6) is 0 Å². The first-order chi connectivity index (χ1) is 8.42. The van der Waals surface area contributed by atoms with E-state index in [0.29, 0.717) is 0 Å². The third-order valence-electron chi connectivity index (χ3n) is 2.53. The Morgan fingerprint density at radius 1 is 1.12 bits per heavy atom. The molecule has 0 aliphatic carbocycles. The van der Waals surface area contributed by atoms with E-state index < -0.39 is 0 Å². The average Bonchev–Trinajstić information content (AvgIpc) is 2.89. The summed E-state index contributed by atoms with van der Waals surface area (Å²) in [6, 6.07) is 8.38. The fraction of sp³-hybridized carbons (Fsp3) is 0.0833. The van der Waals surface area contributed by atoms with Crippen molar-refractivity contribution in [3.63, 3.8) is 0 Å². The van der Waals surface area contributed by atoms with Gasteiger partial charge < -0.3 is 5.32 Å². The molecule has 0 atom stereocenters. The van der Waals surface area contributed by atoms with Gasteiger partial charge in [-0.2, -0.15) is 0 Å². The molecule has 0 fully saturated rings. The highest BCUT2D eigenvalue weighted by molar-refractivity contribution is 7.09. The molecule has 0 spiro atoms. The minimum absolute atomic E-state index is 0.780. The van der Waals surface area contributed by atoms with Gasteiger partial charge in [0.1, 0.15) is 5.00 Å². The van der Waals surface area contributed by atoms with Crippen LogP contribution in [0.3, 0.4) is 0 Å². The SMILES string of the molecule is c1cc2cc(CNc3cnns3)ccc2cn1. The minimum Gasteiger partial charge on any atom is -0.370 e. The molecule has 1 aromatic carbocycles. The van der Waals surface area contributed by atoms with Gasteiger partial charge in [0, 0.05) is 35.9 Å². The van der Waals surface area contributed by atoms with E-state index in [-0.39, 0.29) is 0 Å². The maximum absolute atomic E-state index is 4.10. The van der Waals surface area contributed by atoms with Gasteiger partial charge in [0.25, 0.3) is 0 Å². The van der Waals surface area contributed by atoms with Crippen LogP contribution in [-0.2, 0) is 6.54 Å². The van der Waals surface area contributed by atoms with E-state index in [1.807, 2.05) is 18.5 Å². The summed E-state index contributed by atoms with van der Waals surface area (Å²) in [5, 5.41) is 10.4. The van der Waals surface area contributed by atoms with Gasteiger partial charge in [-0.25, -0.2) is 0 Å². The van der Waals surface area contributed by atoms with Crippen LogP contribution < -0.4 is 5.32 Å². The van der Waals surface area contributed by atoms with E-state index in [1.54, 1.807) is 6.20 Å². The molecular weight excluding hydrogens is 232 g/mol. The van der Waals surface area contributed by atoms with Crippen molar-refractivity contribution in [1.29, 1.82) is 0 Å². The predicted octanol–water partition coefficient (Wildman–Crippen LogP) is 2.70. The van der Waals surface area contributed by atoms with Crippen LogP contribution in [0.2, 0.25) is 0 Å². The Morgan fingerprint density at radius 2 is 2.12 bits per heavy atom. The summed E-state index contributed by atoms with van der Waals surface area (Å²) in [5.41, 5.74) is 1.23. The van der Waals surface area contributed by atoms with Gasteiger partial charge in [-0.15, -0.1) is 5.10 Å². The smallest absolute Gasteiger partial charge is 0.130 e. The summed E-state index contributed by atoms with van der Waals surface area (Å²) >= 11 is 1.36. The molecule has 0 saturated heterocycles. The van der Waals surface area contributed by atoms with E-state index in [2.05, 4.69) is 38.1 Å². The summed E-state index contributed by atoms with van der Waals surface area (Å²) in [5.74, 6) is 0. The highest BCUT2D eigenvalue weighted by Gasteiger charge is 1.98. The first kappa shape index (κ1) is 10.2. The number of fused-ring (bicyclic) bond motifs is 1.